The Morgan fingerprint density at radius 3 is 2.42 bits per heavy atom. The lowest BCUT2D eigenvalue weighted by Gasteiger charge is -1.96. The molecular weight excluding hydrogens is 172 g/mol. The zero-order valence-electron chi connectivity index (χ0n) is 7.86. The summed E-state index contributed by atoms with van der Waals surface area (Å²) in [4.78, 5) is 10.6. The van der Waals surface area contributed by atoms with Gasteiger partial charge in [-0.15, -0.1) is 0 Å². The Kier molecular flexibility index (Phi) is 5.73. The first-order valence-corrected chi connectivity index (χ1v) is 4.44. The zero-order chi connectivity index (χ0) is 9.56. The van der Waals surface area contributed by atoms with Crippen LogP contribution in [0.4, 0.5) is 0 Å². The molecule has 1 nitrogen and oxygen atoms in total. The molecule has 0 unspecified atom stereocenters. The number of hydrogen-bond donors (Lipinski definition) is 0. The average Bonchev–Trinajstić information content (AvgIpc) is 2.03. The highest BCUT2D eigenvalue weighted by Gasteiger charge is 1.96. The normalized spacial score (nSPS) is 13.3. The van der Waals surface area contributed by atoms with Crippen LogP contribution in [-0.4, -0.2) is 5.24 Å². The van der Waals surface area contributed by atoms with Crippen LogP contribution in [0.25, 0.3) is 0 Å². The van der Waals surface area contributed by atoms with E-state index in [1.807, 2.05) is 13.0 Å². The fraction of sp³-hybridized carbons (Fsp3) is 0.500. The van der Waals surface area contributed by atoms with Crippen molar-refractivity contribution in [1.82, 2.24) is 0 Å². The van der Waals surface area contributed by atoms with Crippen LogP contribution in [0, 0.1) is 0 Å². The second-order valence-corrected chi connectivity index (χ2v) is 3.18. The van der Waals surface area contributed by atoms with E-state index in [1.54, 1.807) is 6.92 Å². The molecule has 0 radical (unpaired) electrons. The zero-order valence-corrected chi connectivity index (χ0v) is 8.61. The lowest BCUT2D eigenvalue weighted by Crippen LogP contribution is -1.87. The van der Waals surface area contributed by atoms with Crippen LogP contribution < -0.4 is 0 Å². The predicted octanol–water partition coefficient (Wildman–Crippen LogP) is 3.44. The second kappa shape index (κ2) is 6.01. The van der Waals surface area contributed by atoms with Gasteiger partial charge in [0.25, 0.3) is 0 Å². The highest BCUT2D eigenvalue weighted by Crippen LogP contribution is 2.07. The van der Waals surface area contributed by atoms with E-state index in [0.717, 1.165) is 12.8 Å². The molecule has 0 aromatic rings. The van der Waals surface area contributed by atoms with Crippen molar-refractivity contribution in [2.24, 2.45) is 0 Å². The van der Waals surface area contributed by atoms with E-state index >= 15 is 0 Å². The summed E-state index contributed by atoms with van der Waals surface area (Å²) in [6.07, 6.45) is 5.84. The lowest BCUT2D eigenvalue weighted by atomic mass is 10.1. The number of rotatable bonds is 4. The molecule has 0 saturated carbocycles. The summed E-state index contributed by atoms with van der Waals surface area (Å²) in [5.74, 6) is 0. The van der Waals surface area contributed by atoms with Crippen molar-refractivity contribution in [3.8, 4) is 0 Å². The summed E-state index contributed by atoms with van der Waals surface area (Å²) in [5, 5.41) is -0.354. The SMILES string of the molecule is C/C=C(\C)CC/C=C(\C)C(=O)Cl. The summed E-state index contributed by atoms with van der Waals surface area (Å²) in [7, 11) is 0. The van der Waals surface area contributed by atoms with Crippen molar-refractivity contribution in [2.45, 2.75) is 33.6 Å². The van der Waals surface area contributed by atoms with Crippen molar-refractivity contribution in [2.75, 3.05) is 0 Å². The van der Waals surface area contributed by atoms with E-state index in [1.165, 1.54) is 5.57 Å². The molecular formula is C10H15ClO. The number of carbonyl (C=O) groups excluding carboxylic acids is 1. The van der Waals surface area contributed by atoms with Crippen LogP contribution in [0.5, 0.6) is 0 Å². The predicted molar refractivity (Wildman–Crippen MR) is 53.3 cm³/mol. The van der Waals surface area contributed by atoms with Crippen LogP contribution in [0.2, 0.25) is 0 Å². The Hall–Kier alpha value is -0.560. The minimum Gasteiger partial charge on any atom is -0.276 e. The topological polar surface area (TPSA) is 17.1 Å². The summed E-state index contributed by atoms with van der Waals surface area (Å²) < 4.78 is 0. The van der Waals surface area contributed by atoms with Gasteiger partial charge in [-0.2, -0.15) is 0 Å². The first-order chi connectivity index (χ1) is 5.57. The van der Waals surface area contributed by atoms with Gasteiger partial charge in [0.1, 0.15) is 0 Å². The molecule has 0 aliphatic carbocycles. The third-order valence-corrected chi connectivity index (χ3v) is 2.09. The van der Waals surface area contributed by atoms with Gasteiger partial charge in [0.15, 0.2) is 0 Å². The van der Waals surface area contributed by atoms with Crippen LogP contribution in [0.15, 0.2) is 23.3 Å². The number of carbonyl (C=O) groups is 1. The lowest BCUT2D eigenvalue weighted by molar-refractivity contribution is -0.108. The number of allylic oxidation sites excluding steroid dienone is 4. The largest absolute Gasteiger partial charge is 0.276 e. The molecule has 12 heavy (non-hydrogen) atoms. The Balaban J connectivity index is 3.83. The van der Waals surface area contributed by atoms with E-state index in [4.69, 9.17) is 11.6 Å². The van der Waals surface area contributed by atoms with E-state index in [-0.39, 0.29) is 5.24 Å². The van der Waals surface area contributed by atoms with Crippen LogP contribution in [0.3, 0.4) is 0 Å². The Labute approximate surface area is 79.1 Å². The summed E-state index contributed by atoms with van der Waals surface area (Å²) in [6, 6.07) is 0. The molecule has 0 heterocycles. The van der Waals surface area contributed by atoms with Gasteiger partial charge in [-0.3, -0.25) is 4.79 Å². The van der Waals surface area contributed by atoms with Gasteiger partial charge in [-0.05, 0) is 45.2 Å². The van der Waals surface area contributed by atoms with Crippen molar-refractivity contribution in [1.29, 1.82) is 0 Å². The van der Waals surface area contributed by atoms with Gasteiger partial charge in [0, 0.05) is 5.57 Å². The van der Waals surface area contributed by atoms with E-state index < -0.39 is 0 Å². The molecule has 0 rings (SSSR count). The molecule has 0 aromatic heterocycles. The fourth-order valence-electron chi connectivity index (χ4n) is 0.741. The third kappa shape index (κ3) is 5.14. The number of hydrogen-bond acceptors (Lipinski definition) is 1. The van der Waals surface area contributed by atoms with Gasteiger partial charge in [0.2, 0.25) is 5.24 Å². The summed E-state index contributed by atoms with van der Waals surface area (Å²) in [6.45, 7) is 5.82. The Bertz CT molecular complexity index is 214. The molecule has 2 heteroatoms. The molecule has 0 saturated heterocycles. The molecule has 0 atom stereocenters. The fourth-order valence-corrected chi connectivity index (χ4v) is 0.818. The molecule has 68 valence electrons. The summed E-state index contributed by atoms with van der Waals surface area (Å²) in [5.41, 5.74) is 1.97. The second-order valence-electron chi connectivity index (χ2n) is 2.83. The maximum atomic E-state index is 10.6. The Morgan fingerprint density at radius 2 is 2.00 bits per heavy atom. The molecule has 0 aliphatic heterocycles. The van der Waals surface area contributed by atoms with E-state index in [9.17, 15) is 4.79 Å². The summed E-state index contributed by atoms with van der Waals surface area (Å²) >= 11 is 5.26. The van der Waals surface area contributed by atoms with Crippen LogP contribution >= 0.6 is 11.6 Å². The Morgan fingerprint density at radius 1 is 1.42 bits per heavy atom. The van der Waals surface area contributed by atoms with Gasteiger partial charge >= 0.3 is 0 Å². The quantitative estimate of drug-likeness (QED) is 0.374. The maximum Gasteiger partial charge on any atom is 0.247 e. The van der Waals surface area contributed by atoms with Crippen molar-refractivity contribution in [3.05, 3.63) is 23.3 Å². The highest BCUT2D eigenvalue weighted by atomic mass is 35.5. The third-order valence-electron chi connectivity index (χ3n) is 1.79. The van der Waals surface area contributed by atoms with Gasteiger partial charge in [-0.25, -0.2) is 0 Å². The van der Waals surface area contributed by atoms with Gasteiger partial charge in [0.05, 0.1) is 0 Å². The molecule has 0 fully saturated rings. The minimum atomic E-state index is -0.354. The molecule has 0 amide bonds. The molecule has 0 aliphatic rings. The van der Waals surface area contributed by atoms with E-state index in [0.29, 0.717) is 5.57 Å². The van der Waals surface area contributed by atoms with E-state index in [2.05, 4.69) is 13.0 Å². The molecule has 0 spiro atoms. The molecule has 0 aromatic carbocycles. The van der Waals surface area contributed by atoms with Crippen LogP contribution in [-0.2, 0) is 4.79 Å². The average molecular weight is 187 g/mol. The van der Waals surface area contributed by atoms with Crippen molar-refractivity contribution < 1.29 is 4.79 Å². The maximum absolute atomic E-state index is 10.6. The number of halogens is 1. The first-order valence-electron chi connectivity index (χ1n) is 4.06. The first kappa shape index (κ1) is 11.4. The monoisotopic (exact) mass is 186 g/mol. The highest BCUT2D eigenvalue weighted by molar-refractivity contribution is 6.67. The standard InChI is InChI=1S/C10H15ClO/c1-4-8(2)6-5-7-9(3)10(11)12/h4,7H,5-6H2,1-3H3/b8-4+,9-7+. The van der Waals surface area contributed by atoms with Crippen molar-refractivity contribution in [3.63, 3.8) is 0 Å². The minimum absolute atomic E-state index is 0.354. The molecule has 0 N–H and O–H groups in total. The smallest absolute Gasteiger partial charge is 0.247 e. The van der Waals surface area contributed by atoms with Crippen LogP contribution in [0.1, 0.15) is 33.6 Å². The molecule has 0 bridgehead atoms. The van der Waals surface area contributed by atoms with Crippen molar-refractivity contribution >= 4 is 16.8 Å². The van der Waals surface area contributed by atoms with Gasteiger partial charge < -0.3 is 0 Å². The van der Waals surface area contributed by atoms with Gasteiger partial charge in [-0.1, -0.05) is 17.7 Å².